The van der Waals surface area contributed by atoms with Crippen LogP contribution < -0.4 is 0 Å². The van der Waals surface area contributed by atoms with Crippen molar-refractivity contribution >= 4 is 5.71 Å². The highest BCUT2D eigenvalue weighted by Crippen LogP contribution is 2.22. The highest BCUT2D eigenvalue weighted by atomic mass is 16.3. The van der Waals surface area contributed by atoms with Crippen molar-refractivity contribution in [2.45, 2.75) is 20.8 Å². The molecule has 0 spiro atoms. The first-order valence-corrected chi connectivity index (χ1v) is 4.30. The molecule has 2 heteroatoms. The summed E-state index contributed by atoms with van der Waals surface area (Å²) in [6.45, 7) is 5.91. The van der Waals surface area contributed by atoms with Crippen molar-refractivity contribution in [1.29, 1.82) is 0 Å². The minimum Gasteiger partial charge on any atom is -0.507 e. The van der Waals surface area contributed by atoms with Crippen LogP contribution in [0.1, 0.15) is 23.6 Å². The number of phenolic OH excluding ortho intramolecular Hbond substituents is 1. The zero-order chi connectivity index (χ0) is 10.0. The molecule has 0 aliphatic heterocycles. The second kappa shape index (κ2) is 3.60. The lowest BCUT2D eigenvalue weighted by molar-refractivity contribution is 0.473. The van der Waals surface area contributed by atoms with Crippen molar-refractivity contribution in [3.63, 3.8) is 0 Å². The maximum absolute atomic E-state index is 9.64. The van der Waals surface area contributed by atoms with Crippen LogP contribution in [0.5, 0.6) is 5.75 Å². The molecule has 1 rings (SSSR count). The van der Waals surface area contributed by atoms with Crippen LogP contribution in [0, 0.1) is 13.8 Å². The summed E-state index contributed by atoms with van der Waals surface area (Å²) in [5, 5.41) is 9.64. The maximum atomic E-state index is 9.64. The number of benzene rings is 1. The Morgan fingerprint density at radius 2 is 1.77 bits per heavy atom. The number of nitrogens with zero attached hydrogens (tertiary/aromatic N) is 1. The molecule has 1 aromatic carbocycles. The lowest BCUT2D eigenvalue weighted by Crippen LogP contribution is -1.96. The fourth-order valence-electron chi connectivity index (χ4n) is 1.21. The number of aryl methyl sites for hydroxylation is 2. The predicted octanol–water partition coefficient (Wildman–Crippen LogP) is 2.45. The van der Waals surface area contributed by atoms with E-state index < -0.39 is 0 Å². The zero-order valence-corrected chi connectivity index (χ0v) is 8.55. The normalized spacial score (nSPS) is 11.8. The van der Waals surface area contributed by atoms with Gasteiger partial charge in [-0.15, -0.1) is 0 Å². The van der Waals surface area contributed by atoms with Gasteiger partial charge in [-0.05, 0) is 44.0 Å². The summed E-state index contributed by atoms with van der Waals surface area (Å²) in [5.74, 6) is 0.311. The topological polar surface area (TPSA) is 32.6 Å². The highest BCUT2D eigenvalue weighted by molar-refractivity contribution is 6.01. The van der Waals surface area contributed by atoms with E-state index in [0.717, 1.165) is 16.8 Å². The smallest absolute Gasteiger partial charge is 0.124 e. The summed E-state index contributed by atoms with van der Waals surface area (Å²) in [7, 11) is 1.73. The van der Waals surface area contributed by atoms with Crippen molar-refractivity contribution in [1.82, 2.24) is 0 Å². The maximum Gasteiger partial charge on any atom is 0.124 e. The van der Waals surface area contributed by atoms with Crippen molar-refractivity contribution in [2.75, 3.05) is 7.05 Å². The monoisotopic (exact) mass is 177 g/mol. The predicted molar refractivity (Wildman–Crippen MR) is 55.7 cm³/mol. The minimum atomic E-state index is 0.311. The Hall–Kier alpha value is -1.31. The van der Waals surface area contributed by atoms with E-state index in [9.17, 15) is 5.11 Å². The van der Waals surface area contributed by atoms with Gasteiger partial charge in [-0.2, -0.15) is 0 Å². The molecule has 0 atom stereocenters. The summed E-state index contributed by atoms with van der Waals surface area (Å²) in [4.78, 5) is 4.05. The Labute approximate surface area is 78.9 Å². The third-order valence-corrected chi connectivity index (χ3v) is 2.34. The summed E-state index contributed by atoms with van der Waals surface area (Å²) in [5.41, 5.74) is 3.96. The molecular weight excluding hydrogens is 162 g/mol. The van der Waals surface area contributed by atoms with Crippen LogP contribution >= 0.6 is 0 Å². The lowest BCUT2D eigenvalue weighted by Gasteiger charge is -2.07. The van der Waals surface area contributed by atoms with E-state index >= 15 is 0 Å². The molecule has 0 saturated carbocycles. The standard InChI is InChI=1S/C11H15NO/c1-7-5-10(9(3)12-4)11(13)6-8(7)2/h5-6,13H,1-4H3. The molecule has 2 nitrogen and oxygen atoms in total. The number of hydrogen-bond acceptors (Lipinski definition) is 2. The Morgan fingerprint density at radius 3 is 2.31 bits per heavy atom. The van der Waals surface area contributed by atoms with Crippen molar-refractivity contribution in [3.8, 4) is 5.75 Å². The summed E-state index contributed by atoms with van der Waals surface area (Å²) in [6, 6.07) is 3.74. The third kappa shape index (κ3) is 1.89. The van der Waals surface area contributed by atoms with Gasteiger partial charge in [0.05, 0.1) is 0 Å². The first kappa shape index (κ1) is 9.78. The number of rotatable bonds is 1. The molecular formula is C11H15NO. The van der Waals surface area contributed by atoms with E-state index in [2.05, 4.69) is 4.99 Å². The van der Waals surface area contributed by atoms with Crippen LogP contribution in [0.15, 0.2) is 17.1 Å². The Balaban J connectivity index is 3.32. The van der Waals surface area contributed by atoms with Gasteiger partial charge >= 0.3 is 0 Å². The first-order valence-electron chi connectivity index (χ1n) is 4.30. The van der Waals surface area contributed by atoms with Gasteiger partial charge in [-0.25, -0.2) is 0 Å². The minimum absolute atomic E-state index is 0.311. The average molecular weight is 177 g/mol. The average Bonchev–Trinajstić information content (AvgIpc) is 2.10. The van der Waals surface area contributed by atoms with Crippen LogP contribution in [-0.2, 0) is 0 Å². The van der Waals surface area contributed by atoms with E-state index in [4.69, 9.17) is 0 Å². The second-order valence-electron chi connectivity index (χ2n) is 3.26. The molecule has 1 aromatic rings. The quantitative estimate of drug-likeness (QED) is 0.656. The van der Waals surface area contributed by atoms with Gasteiger partial charge in [0.1, 0.15) is 5.75 Å². The zero-order valence-electron chi connectivity index (χ0n) is 8.55. The molecule has 0 saturated heterocycles. The Kier molecular flexibility index (Phi) is 2.71. The van der Waals surface area contributed by atoms with E-state index in [-0.39, 0.29) is 0 Å². The highest BCUT2D eigenvalue weighted by Gasteiger charge is 2.05. The molecule has 13 heavy (non-hydrogen) atoms. The molecule has 0 heterocycles. The van der Waals surface area contributed by atoms with Crippen molar-refractivity contribution in [2.24, 2.45) is 4.99 Å². The molecule has 0 aliphatic carbocycles. The fraction of sp³-hybridized carbons (Fsp3) is 0.364. The van der Waals surface area contributed by atoms with Crippen LogP contribution in [0.25, 0.3) is 0 Å². The second-order valence-corrected chi connectivity index (χ2v) is 3.26. The van der Waals surface area contributed by atoms with Gasteiger partial charge < -0.3 is 5.11 Å². The van der Waals surface area contributed by atoms with Gasteiger partial charge in [-0.3, -0.25) is 4.99 Å². The van der Waals surface area contributed by atoms with Crippen LogP contribution in [0.4, 0.5) is 0 Å². The molecule has 0 radical (unpaired) electrons. The third-order valence-electron chi connectivity index (χ3n) is 2.34. The molecule has 0 aromatic heterocycles. The summed E-state index contributed by atoms with van der Waals surface area (Å²) < 4.78 is 0. The summed E-state index contributed by atoms with van der Waals surface area (Å²) in [6.07, 6.45) is 0. The molecule has 0 unspecified atom stereocenters. The molecule has 0 bridgehead atoms. The lowest BCUT2D eigenvalue weighted by atomic mass is 10.0. The van der Waals surface area contributed by atoms with Crippen LogP contribution in [0.3, 0.4) is 0 Å². The molecule has 70 valence electrons. The largest absolute Gasteiger partial charge is 0.507 e. The van der Waals surface area contributed by atoms with Gasteiger partial charge in [-0.1, -0.05) is 0 Å². The van der Waals surface area contributed by atoms with Crippen molar-refractivity contribution < 1.29 is 5.11 Å². The molecule has 0 aliphatic rings. The number of aliphatic imine (C=N–C) groups is 1. The number of aromatic hydroxyl groups is 1. The van der Waals surface area contributed by atoms with E-state index in [0.29, 0.717) is 5.75 Å². The van der Waals surface area contributed by atoms with Crippen LogP contribution in [-0.4, -0.2) is 17.9 Å². The van der Waals surface area contributed by atoms with Crippen LogP contribution in [0.2, 0.25) is 0 Å². The summed E-state index contributed by atoms with van der Waals surface area (Å²) >= 11 is 0. The van der Waals surface area contributed by atoms with Gasteiger partial charge in [0, 0.05) is 18.3 Å². The molecule has 1 N–H and O–H groups in total. The van der Waals surface area contributed by atoms with Gasteiger partial charge in [0.25, 0.3) is 0 Å². The van der Waals surface area contributed by atoms with Gasteiger partial charge in [0.2, 0.25) is 0 Å². The number of hydrogen-bond donors (Lipinski definition) is 1. The Bertz CT molecular complexity index is 353. The molecule has 0 amide bonds. The van der Waals surface area contributed by atoms with E-state index in [1.54, 1.807) is 13.1 Å². The SMILES string of the molecule is CN=C(C)c1cc(C)c(C)cc1O. The van der Waals surface area contributed by atoms with E-state index in [1.807, 2.05) is 26.8 Å². The number of phenols is 1. The molecule has 0 fully saturated rings. The van der Waals surface area contributed by atoms with E-state index in [1.165, 1.54) is 5.56 Å². The van der Waals surface area contributed by atoms with Crippen molar-refractivity contribution in [3.05, 3.63) is 28.8 Å². The first-order chi connectivity index (χ1) is 6.06. The van der Waals surface area contributed by atoms with Gasteiger partial charge in [0.15, 0.2) is 0 Å². The Morgan fingerprint density at radius 1 is 1.23 bits per heavy atom. The fourth-order valence-corrected chi connectivity index (χ4v) is 1.21.